The number of sulfonamides is 1. The summed E-state index contributed by atoms with van der Waals surface area (Å²) in [5, 5.41) is 3.36. The van der Waals surface area contributed by atoms with Crippen molar-refractivity contribution in [2.75, 3.05) is 48.9 Å². The van der Waals surface area contributed by atoms with Crippen molar-refractivity contribution in [3.8, 4) is 0 Å². The molecule has 0 spiro atoms. The van der Waals surface area contributed by atoms with Gasteiger partial charge in [0.1, 0.15) is 0 Å². The topological polar surface area (TPSA) is 81.8 Å². The van der Waals surface area contributed by atoms with E-state index in [4.69, 9.17) is 11.6 Å². The molecule has 0 saturated carbocycles. The highest BCUT2D eigenvalue weighted by Gasteiger charge is 2.20. The summed E-state index contributed by atoms with van der Waals surface area (Å²) in [6.45, 7) is 4.92. The van der Waals surface area contributed by atoms with E-state index in [1.165, 1.54) is 30.0 Å². The molecule has 178 valence electrons. The Labute approximate surface area is 205 Å². The normalized spacial score (nSPS) is 14.6. The lowest BCUT2D eigenvalue weighted by Crippen LogP contribution is -2.48. The molecule has 34 heavy (non-hydrogen) atoms. The van der Waals surface area contributed by atoms with E-state index in [9.17, 15) is 13.2 Å². The molecule has 0 aromatic heterocycles. The van der Waals surface area contributed by atoms with Gasteiger partial charge in [0.25, 0.3) is 15.9 Å². The van der Waals surface area contributed by atoms with Crippen LogP contribution in [0.4, 0.5) is 11.4 Å². The third kappa shape index (κ3) is 6.08. The Morgan fingerprint density at radius 2 is 1.50 bits per heavy atom. The summed E-state index contributed by atoms with van der Waals surface area (Å²) in [5.41, 5.74) is 1.73. The average Bonchev–Trinajstić information content (AvgIpc) is 2.85. The van der Waals surface area contributed by atoms with Gasteiger partial charge >= 0.3 is 0 Å². The van der Waals surface area contributed by atoms with Gasteiger partial charge in [-0.1, -0.05) is 41.9 Å². The summed E-state index contributed by atoms with van der Waals surface area (Å²) in [6.07, 6.45) is 0. The van der Waals surface area contributed by atoms with Gasteiger partial charge in [0, 0.05) is 50.0 Å². The third-order valence-corrected chi connectivity index (χ3v) is 7.38. The fraction of sp³-hybridized carbons (Fsp3) is 0.240. The average molecular weight is 499 g/mol. The van der Waals surface area contributed by atoms with Gasteiger partial charge in [0.2, 0.25) is 0 Å². The van der Waals surface area contributed by atoms with Crippen molar-refractivity contribution in [3.63, 3.8) is 0 Å². The Bertz CT molecular complexity index is 1210. The van der Waals surface area contributed by atoms with Gasteiger partial charge in [-0.05, 0) is 48.5 Å². The Balaban J connectivity index is 1.31. The first-order valence-electron chi connectivity index (χ1n) is 11.1. The molecular weight excluding hydrogens is 472 g/mol. The number of nitrogens with one attached hydrogen (secondary N) is 2. The van der Waals surface area contributed by atoms with E-state index in [0.29, 0.717) is 11.6 Å². The highest BCUT2D eigenvalue weighted by molar-refractivity contribution is 7.92. The van der Waals surface area contributed by atoms with E-state index >= 15 is 0 Å². The van der Waals surface area contributed by atoms with Crippen LogP contribution in [0, 0.1) is 0 Å². The predicted molar refractivity (Wildman–Crippen MR) is 136 cm³/mol. The number of para-hydroxylation sites is 2. The van der Waals surface area contributed by atoms with Crippen LogP contribution >= 0.6 is 11.6 Å². The highest BCUT2D eigenvalue weighted by atomic mass is 35.5. The van der Waals surface area contributed by atoms with E-state index in [1.54, 1.807) is 24.3 Å². The van der Waals surface area contributed by atoms with Crippen LogP contribution in [0.5, 0.6) is 0 Å². The summed E-state index contributed by atoms with van der Waals surface area (Å²) >= 11 is 5.85. The lowest BCUT2D eigenvalue weighted by Gasteiger charge is -2.36. The van der Waals surface area contributed by atoms with Crippen molar-refractivity contribution in [1.82, 2.24) is 10.2 Å². The van der Waals surface area contributed by atoms with Gasteiger partial charge in [-0.2, -0.15) is 0 Å². The molecule has 0 unspecified atom stereocenters. The number of rotatable bonds is 8. The largest absolute Gasteiger partial charge is 0.369 e. The summed E-state index contributed by atoms with van der Waals surface area (Å²) in [4.78, 5) is 17.6. The van der Waals surface area contributed by atoms with Crippen LogP contribution < -0.4 is 14.9 Å². The molecule has 1 aliphatic rings. The molecule has 3 aromatic carbocycles. The molecule has 1 amide bonds. The smallest absolute Gasteiger partial charge is 0.261 e. The van der Waals surface area contributed by atoms with Crippen LogP contribution in [0.3, 0.4) is 0 Å². The summed E-state index contributed by atoms with van der Waals surface area (Å²) in [7, 11) is -3.85. The number of nitrogens with zero attached hydrogens (tertiary/aromatic N) is 2. The molecule has 7 nitrogen and oxygen atoms in total. The second-order valence-corrected chi connectivity index (χ2v) is 10.1. The fourth-order valence-corrected chi connectivity index (χ4v) is 5.08. The number of benzene rings is 3. The number of halogens is 1. The van der Waals surface area contributed by atoms with Crippen LogP contribution in [0.2, 0.25) is 5.02 Å². The lowest BCUT2D eigenvalue weighted by atomic mass is 10.1. The minimum absolute atomic E-state index is 0.0711. The maximum atomic E-state index is 12.8. The molecule has 4 rings (SSSR count). The summed E-state index contributed by atoms with van der Waals surface area (Å²) < 4.78 is 28.0. The van der Waals surface area contributed by atoms with Crippen LogP contribution in [-0.2, 0) is 10.0 Å². The van der Waals surface area contributed by atoms with Crippen LogP contribution in [0.15, 0.2) is 83.8 Å². The second-order valence-electron chi connectivity index (χ2n) is 8.03. The van der Waals surface area contributed by atoms with E-state index in [2.05, 4.69) is 32.0 Å². The van der Waals surface area contributed by atoms with Gasteiger partial charge in [-0.3, -0.25) is 14.4 Å². The van der Waals surface area contributed by atoms with Crippen LogP contribution in [0.1, 0.15) is 10.4 Å². The molecule has 0 atom stereocenters. The molecule has 1 heterocycles. The number of amides is 1. The molecule has 2 N–H and O–H groups in total. The number of anilines is 2. The fourth-order valence-electron chi connectivity index (χ4n) is 3.88. The molecule has 0 radical (unpaired) electrons. The first-order valence-corrected chi connectivity index (χ1v) is 13.0. The SMILES string of the molecule is O=C(NCCN1CCN(c2ccccc2)CC1)c1ccccc1NS(=O)(=O)c1ccc(Cl)cc1. The lowest BCUT2D eigenvalue weighted by molar-refractivity contribution is 0.0948. The number of carbonyl (C=O) groups is 1. The standard InChI is InChI=1S/C25H27ClN4O3S/c26-20-10-12-22(13-11-20)34(32,33)28-24-9-5-4-8-23(24)25(31)27-14-15-29-16-18-30(19-17-29)21-6-2-1-3-7-21/h1-13,28H,14-19H2,(H,27,31). The van der Waals surface area contributed by atoms with Crippen LogP contribution in [0.25, 0.3) is 0 Å². The Kier molecular flexibility index (Phi) is 7.72. The van der Waals surface area contributed by atoms with Crippen molar-refractivity contribution in [1.29, 1.82) is 0 Å². The molecule has 0 aliphatic carbocycles. The molecule has 3 aromatic rings. The zero-order chi connectivity index (χ0) is 24.0. The van der Waals surface area contributed by atoms with E-state index in [1.807, 2.05) is 18.2 Å². The number of hydrogen-bond acceptors (Lipinski definition) is 5. The molecule has 1 fully saturated rings. The highest BCUT2D eigenvalue weighted by Crippen LogP contribution is 2.21. The van der Waals surface area contributed by atoms with Gasteiger partial charge in [-0.25, -0.2) is 8.42 Å². The Morgan fingerprint density at radius 1 is 0.853 bits per heavy atom. The van der Waals surface area contributed by atoms with E-state index in [-0.39, 0.29) is 22.1 Å². The molecule has 1 aliphatic heterocycles. The van der Waals surface area contributed by atoms with Crippen molar-refractivity contribution in [3.05, 3.63) is 89.4 Å². The predicted octanol–water partition coefficient (Wildman–Crippen LogP) is 3.69. The number of carbonyl (C=O) groups excluding carboxylic acids is 1. The van der Waals surface area contributed by atoms with Gasteiger partial charge in [-0.15, -0.1) is 0 Å². The molecule has 1 saturated heterocycles. The second kappa shape index (κ2) is 10.9. The molecular formula is C25H27ClN4O3S. The zero-order valence-electron chi connectivity index (χ0n) is 18.7. The van der Waals surface area contributed by atoms with E-state index < -0.39 is 10.0 Å². The van der Waals surface area contributed by atoms with Gasteiger partial charge < -0.3 is 10.2 Å². The quantitative estimate of drug-likeness (QED) is 0.495. The monoisotopic (exact) mass is 498 g/mol. The Hall–Kier alpha value is -3.07. The van der Waals surface area contributed by atoms with Crippen molar-refractivity contribution in [2.24, 2.45) is 0 Å². The third-order valence-electron chi connectivity index (χ3n) is 5.75. The van der Waals surface area contributed by atoms with Crippen molar-refractivity contribution >= 4 is 38.9 Å². The van der Waals surface area contributed by atoms with E-state index in [0.717, 1.165) is 32.7 Å². The first-order chi connectivity index (χ1) is 16.4. The van der Waals surface area contributed by atoms with Crippen molar-refractivity contribution in [2.45, 2.75) is 4.90 Å². The first kappa shape index (κ1) is 24.1. The Morgan fingerprint density at radius 3 is 2.21 bits per heavy atom. The van der Waals surface area contributed by atoms with Crippen LogP contribution in [-0.4, -0.2) is 58.5 Å². The molecule has 9 heteroatoms. The van der Waals surface area contributed by atoms with Gasteiger partial charge in [0.15, 0.2) is 0 Å². The number of hydrogen-bond donors (Lipinski definition) is 2. The maximum Gasteiger partial charge on any atom is 0.261 e. The minimum atomic E-state index is -3.85. The van der Waals surface area contributed by atoms with Gasteiger partial charge in [0.05, 0.1) is 16.1 Å². The summed E-state index contributed by atoms with van der Waals surface area (Å²) in [6, 6.07) is 22.8. The van der Waals surface area contributed by atoms with Crippen molar-refractivity contribution < 1.29 is 13.2 Å². The zero-order valence-corrected chi connectivity index (χ0v) is 20.2. The maximum absolute atomic E-state index is 12.8. The minimum Gasteiger partial charge on any atom is -0.369 e. The molecule has 0 bridgehead atoms. The summed E-state index contributed by atoms with van der Waals surface area (Å²) in [5.74, 6) is -0.322. The number of piperazine rings is 1.